The van der Waals surface area contributed by atoms with Crippen molar-refractivity contribution in [1.29, 1.82) is 0 Å². The number of rotatable bonds is 10. The largest absolute Gasteiger partial charge is 0.0871 e. The molecule has 0 fully saturated rings. The molecule has 0 unspecified atom stereocenters. The average Bonchev–Trinajstić information content (AvgIpc) is 2.44. The van der Waals surface area contributed by atoms with Crippen LogP contribution in [-0.2, 0) is 6.42 Å². The molecule has 1 rings (SSSR count). The number of unbranched alkanes of at least 4 members (excludes halogenated alkanes) is 7. The summed E-state index contributed by atoms with van der Waals surface area (Å²) < 4.78 is 0. The van der Waals surface area contributed by atoms with Crippen LogP contribution in [0, 0.1) is 0 Å². The number of allylic oxidation sites excluding steroid dienone is 1. The summed E-state index contributed by atoms with van der Waals surface area (Å²) in [6.07, 6.45) is 16.7. The van der Waals surface area contributed by atoms with Gasteiger partial charge in [0.25, 0.3) is 0 Å². The van der Waals surface area contributed by atoms with E-state index in [4.69, 9.17) is 0 Å². The Morgan fingerprint density at radius 2 is 1.37 bits per heavy atom. The molecule has 0 saturated carbocycles. The minimum Gasteiger partial charge on any atom is -0.0871 e. The Labute approximate surface area is 119 Å². The summed E-state index contributed by atoms with van der Waals surface area (Å²) in [5.41, 5.74) is 2.79. The van der Waals surface area contributed by atoms with Gasteiger partial charge in [0.05, 0.1) is 0 Å². The van der Waals surface area contributed by atoms with E-state index < -0.39 is 0 Å². The summed E-state index contributed by atoms with van der Waals surface area (Å²) in [5, 5.41) is 0. The molecule has 106 valence electrons. The van der Waals surface area contributed by atoms with Gasteiger partial charge in [-0.05, 0) is 30.9 Å². The normalized spacial score (nSPS) is 11.3. The van der Waals surface area contributed by atoms with Gasteiger partial charge in [-0.3, -0.25) is 0 Å². The number of hydrogen-bond acceptors (Lipinski definition) is 0. The third-order valence-corrected chi connectivity index (χ3v) is 3.66. The summed E-state index contributed by atoms with van der Waals surface area (Å²) in [6.45, 7) is 4.34. The highest BCUT2D eigenvalue weighted by Crippen LogP contribution is 2.12. The zero-order chi connectivity index (χ0) is 13.8. The molecule has 19 heavy (non-hydrogen) atoms. The van der Waals surface area contributed by atoms with Crippen molar-refractivity contribution >= 4 is 6.08 Å². The van der Waals surface area contributed by atoms with Gasteiger partial charge in [0.2, 0.25) is 0 Å². The van der Waals surface area contributed by atoms with Crippen LogP contribution in [0.3, 0.4) is 0 Å². The molecule has 0 heteroatoms. The summed E-state index contributed by atoms with van der Waals surface area (Å²) in [7, 11) is 0. The highest BCUT2D eigenvalue weighted by Gasteiger charge is 1.95. The molecule has 0 N–H and O–H groups in total. The molecule has 0 bridgehead atoms. The van der Waals surface area contributed by atoms with E-state index in [0.717, 1.165) is 0 Å². The Balaban J connectivity index is 2.06. The predicted molar refractivity (Wildman–Crippen MR) is 87.5 cm³/mol. The van der Waals surface area contributed by atoms with E-state index in [0.29, 0.717) is 0 Å². The van der Waals surface area contributed by atoms with E-state index in [-0.39, 0.29) is 0 Å². The van der Waals surface area contributed by atoms with Gasteiger partial charge in [-0.15, -0.1) is 0 Å². The van der Waals surface area contributed by atoms with E-state index >= 15 is 0 Å². The minimum atomic E-state index is 1.24. The lowest BCUT2D eigenvalue weighted by Gasteiger charge is -2.03. The second-order valence-corrected chi connectivity index (χ2v) is 5.47. The van der Waals surface area contributed by atoms with Crippen LogP contribution in [0.25, 0.3) is 6.08 Å². The quantitative estimate of drug-likeness (QED) is 0.426. The molecule has 0 aromatic heterocycles. The molecular formula is C19H30. The second-order valence-electron chi connectivity index (χ2n) is 5.47. The van der Waals surface area contributed by atoms with Crippen molar-refractivity contribution in [2.75, 3.05) is 0 Å². The van der Waals surface area contributed by atoms with Crippen LogP contribution in [0.1, 0.15) is 76.3 Å². The lowest BCUT2D eigenvalue weighted by Crippen LogP contribution is -1.86. The first kappa shape index (κ1) is 16.0. The Kier molecular flexibility index (Phi) is 9.14. The van der Waals surface area contributed by atoms with Crippen molar-refractivity contribution in [3.63, 3.8) is 0 Å². The Morgan fingerprint density at radius 3 is 1.95 bits per heavy atom. The molecule has 0 radical (unpaired) electrons. The molecule has 0 spiro atoms. The van der Waals surface area contributed by atoms with Gasteiger partial charge in [0.15, 0.2) is 0 Å². The van der Waals surface area contributed by atoms with Crippen LogP contribution in [-0.4, -0.2) is 0 Å². The smallest absolute Gasteiger partial charge is 0.0260 e. The Morgan fingerprint density at radius 1 is 0.789 bits per heavy atom. The predicted octanol–water partition coefficient (Wildman–Crippen LogP) is 6.40. The molecule has 0 aliphatic heterocycles. The topological polar surface area (TPSA) is 0 Å². The fourth-order valence-corrected chi connectivity index (χ4v) is 2.45. The van der Waals surface area contributed by atoms with Gasteiger partial charge in [-0.25, -0.2) is 0 Å². The molecule has 0 aliphatic carbocycles. The van der Waals surface area contributed by atoms with E-state index in [1.807, 2.05) is 0 Å². The first-order valence-corrected chi connectivity index (χ1v) is 8.08. The van der Waals surface area contributed by atoms with E-state index in [9.17, 15) is 0 Å². The SMILES string of the molecule is C/C=C/c1ccc(CCCCCCCCCC)cc1. The fraction of sp³-hybridized carbons (Fsp3) is 0.579. The monoisotopic (exact) mass is 258 g/mol. The zero-order valence-electron chi connectivity index (χ0n) is 12.8. The maximum atomic E-state index is 2.28. The molecule has 0 nitrogen and oxygen atoms in total. The van der Waals surface area contributed by atoms with Crippen molar-refractivity contribution in [2.45, 2.75) is 71.6 Å². The maximum absolute atomic E-state index is 2.28. The first-order chi connectivity index (χ1) is 9.36. The van der Waals surface area contributed by atoms with Gasteiger partial charge in [0, 0.05) is 0 Å². The van der Waals surface area contributed by atoms with Crippen LogP contribution in [0.15, 0.2) is 30.3 Å². The first-order valence-electron chi connectivity index (χ1n) is 8.08. The minimum absolute atomic E-state index is 1.24. The summed E-state index contributed by atoms with van der Waals surface area (Å²) >= 11 is 0. The van der Waals surface area contributed by atoms with Crippen LogP contribution >= 0.6 is 0 Å². The van der Waals surface area contributed by atoms with E-state index in [1.165, 1.54) is 68.9 Å². The van der Waals surface area contributed by atoms with Crippen molar-refractivity contribution in [3.8, 4) is 0 Å². The molecule has 0 atom stereocenters. The van der Waals surface area contributed by atoms with Gasteiger partial charge >= 0.3 is 0 Å². The Bertz CT molecular complexity index is 332. The molecule has 0 amide bonds. The summed E-state index contributed by atoms with van der Waals surface area (Å²) in [5.74, 6) is 0. The van der Waals surface area contributed by atoms with Crippen molar-refractivity contribution in [3.05, 3.63) is 41.5 Å². The van der Waals surface area contributed by atoms with Gasteiger partial charge < -0.3 is 0 Å². The standard InChI is InChI=1S/C19H30/c1-3-5-6-7-8-9-10-11-13-19-16-14-18(12-4-2)15-17-19/h4,12,14-17H,3,5-11,13H2,1-2H3/b12-4+. The lowest BCUT2D eigenvalue weighted by molar-refractivity contribution is 0.575. The second kappa shape index (κ2) is 10.8. The highest BCUT2D eigenvalue weighted by atomic mass is 14.0. The van der Waals surface area contributed by atoms with Crippen molar-refractivity contribution in [2.24, 2.45) is 0 Å². The highest BCUT2D eigenvalue weighted by molar-refractivity contribution is 5.49. The number of hydrogen-bond donors (Lipinski definition) is 0. The van der Waals surface area contributed by atoms with Gasteiger partial charge in [-0.1, -0.05) is 88.3 Å². The lowest BCUT2D eigenvalue weighted by atomic mass is 10.0. The van der Waals surface area contributed by atoms with Crippen LogP contribution in [0.4, 0.5) is 0 Å². The van der Waals surface area contributed by atoms with Crippen molar-refractivity contribution < 1.29 is 0 Å². The number of benzene rings is 1. The van der Waals surface area contributed by atoms with Crippen LogP contribution in [0.2, 0.25) is 0 Å². The summed E-state index contributed by atoms with van der Waals surface area (Å²) in [6, 6.07) is 8.99. The third-order valence-electron chi connectivity index (χ3n) is 3.66. The molecule has 0 heterocycles. The summed E-state index contributed by atoms with van der Waals surface area (Å²) in [4.78, 5) is 0. The zero-order valence-corrected chi connectivity index (χ0v) is 12.8. The molecule has 0 saturated heterocycles. The fourth-order valence-electron chi connectivity index (χ4n) is 2.45. The van der Waals surface area contributed by atoms with Gasteiger partial charge in [0.1, 0.15) is 0 Å². The molecular weight excluding hydrogens is 228 g/mol. The molecule has 1 aromatic rings. The van der Waals surface area contributed by atoms with E-state index in [2.05, 4.69) is 50.3 Å². The maximum Gasteiger partial charge on any atom is -0.0260 e. The van der Waals surface area contributed by atoms with Gasteiger partial charge in [-0.2, -0.15) is 0 Å². The van der Waals surface area contributed by atoms with E-state index in [1.54, 1.807) is 0 Å². The Hall–Kier alpha value is -1.04. The molecule has 1 aromatic carbocycles. The third kappa shape index (κ3) is 7.87. The average molecular weight is 258 g/mol. The number of aryl methyl sites for hydroxylation is 1. The van der Waals surface area contributed by atoms with Crippen LogP contribution < -0.4 is 0 Å². The van der Waals surface area contributed by atoms with Crippen LogP contribution in [0.5, 0.6) is 0 Å². The molecule has 0 aliphatic rings. The van der Waals surface area contributed by atoms with Crippen molar-refractivity contribution in [1.82, 2.24) is 0 Å².